The maximum absolute atomic E-state index is 13.8. The van der Waals surface area contributed by atoms with E-state index in [1.807, 2.05) is 30.3 Å². The van der Waals surface area contributed by atoms with Gasteiger partial charge in [-0.3, -0.25) is 15.0 Å². The zero-order chi connectivity index (χ0) is 28.9. The molecule has 40 heavy (non-hydrogen) atoms. The lowest BCUT2D eigenvalue weighted by Crippen LogP contribution is -2.61. The van der Waals surface area contributed by atoms with Gasteiger partial charge in [0.05, 0.1) is 7.11 Å². The summed E-state index contributed by atoms with van der Waals surface area (Å²) in [6.07, 6.45) is 5.68. The molecule has 4 atom stereocenters. The van der Waals surface area contributed by atoms with Crippen molar-refractivity contribution in [2.45, 2.75) is 57.0 Å². The number of carbonyl (C=O) groups excluding carboxylic acids is 4. The van der Waals surface area contributed by atoms with Gasteiger partial charge < -0.3 is 36.6 Å². The quantitative estimate of drug-likeness (QED) is 0.130. The third-order valence-electron chi connectivity index (χ3n) is 7.46. The second-order valence-electron chi connectivity index (χ2n) is 10.5. The van der Waals surface area contributed by atoms with Crippen molar-refractivity contribution in [1.29, 1.82) is 5.41 Å². The van der Waals surface area contributed by atoms with Crippen molar-refractivity contribution in [2.75, 3.05) is 39.8 Å². The lowest BCUT2D eigenvalue weighted by molar-refractivity contribution is -0.142. The van der Waals surface area contributed by atoms with Crippen molar-refractivity contribution in [1.82, 2.24) is 26.2 Å². The molecule has 2 aliphatic rings. The van der Waals surface area contributed by atoms with E-state index in [2.05, 4.69) is 21.3 Å². The Balaban J connectivity index is 1.79. The van der Waals surface area contributed by atoms with Gasteiger partial charge in [-0.2, -0.15) is 0 Å². The van der Waals surface area contributed by atoms with Gasteiger partial charge in [-0.1, -0.05) is 43.2 Å². The van der Waals surface area contributed by atoms with Crippen LogP contribution >= 0.6 is 0 Å². The van der Waals surface area contributed by atoms with Gasteiger partial charge in [0.25, 0.3) is 0 Å². The Kier molecular flexibility index (Phi) is 12.2. The van der Waals surface area contributed by atoms with E-state index in [0.29, 0.717) is 19.6 Å². The number of carbonyl (C=O) groups is 4. The summed E-state index contributed by atoms with van der Waals surface area (Å²) in [5.41, 5.74) is 6.69. The number of amides is 4. The molecule has 4 amide bonds. The zero-order valence-electron chi connectivity index (χ0n) is 23.2. The highest BCUT2D eigenvalue weighted by molar-refractivity contribution is 6.07. The fraction of sp³-hybridized carbons (Fsp3) is 0.607. The van der Waals surface area contributed by atoms with E-state index in [9.17, 15) is 19.2 Å². The number of nitrogens with two attached hydrogens (primary N) is 1. The second-order valence-corrected chi connectivity index (χ2v) is 10.5. The van der Waals surface area contributed by atoms with Crippen LogP contribution in [0, 0.1) is 17.2 Å². The molecule has 2 heterocycles. The molecule has 2 fully saturated rings. The van der Waals surface area contributed by atoms with E-state index >= 15 is 0 Å². The number of benzene rings is 1. The molecule has 3 rings (SSSR count). The van der Waals surface area contributed by atoms with Crippen LogP contribution in [0.5, 0.6) is 0 Å². The molecule has 12 heteroatoms. The average molecular weight is 558 g/mol. The number of rotatable bonds is 11. The molecule has 0 aromatic heterocycles. The van der Waals surface area contributed by atoms with Crippen molar-refractivity contribution in [3.05, 3.63) is 35.9 Å². The normalized spacial score (nSPS) is 19.7. The number of hydrogen-bond acceptors (Lipinski definition) is 7. The number of amidine groups is 1. The summed E-state index contributed by atoms with van der Waals surface area (Å²) in [6, 6.07) is 5.82. The molecule has 0 saturated carbocycles. The number of methoxy groups -OCH3 is 1. The first-order valence-corrected chi connectivity index (χ1v) is 14.1. The maximum atomic E-state index is 13.8. The third kappa shape index (κ3) is 9.22. The minimum absolute atomic E-state index is 0.164. The number of piperidine rings is 1. The SMILES string of the molecule is COC(=O)[C@H](Cc1ccccc1)NC(=O)N[C@H](C(=O)N1CCCCCC1)[C@@H](C(=N)N)C(=O)NCC1CCCNC1. The van der Waals surface area contributed by atoms with Gasteiger partial charge in [0.1, 0.15) is 23.8 Å². The largest absolute Gasteiger partial charge is 0.467 e. The molecule has 2 saturated heterocycles. The molecular formula is C28H43N7O5. The summed E-state index contributed by atoms with van der Waals surface area (Å²) in [5.74, 6) is -3.45. The molecular weight excluding hydrogens is 514 g/mol. The number of nitrogens with one attached hydrogen (secondary N) is 5. The van der Waals surface area contributed by atoms with Crippen molar-refractivity contribution in [2.24, 2.45) is 17.6 Å². The number of urea groups is 1. The van der Waals surface area contributed by atoms with Crippen molar-refractivity contribution >= 4 is 29.7 Å². The number of likely N-dealkylation sites (tertiary alicyclic amines) is 1. The summed E-state index contributed by atoms with van der Waals surface area (Å²) in [7, 11) is 1.23. The monoisotopic (exact) mass is 557 g/mol. The standard InChI is InChI=1S/C28H43N7O5/c1-40-27(38)21(16-19-10-5-4-6-11-19)33-28(39)34-23(26(37)35-14-7-2-3-8-15-35)22(24(29)30)25(36)32-18-20-12-9-13-31-17-20/h4-6,10-11,20-23,31H,2-3,7-9,12-18H2,1H3,(H3,29,30)(H,32,36)(H2,33,34,39)/t20?,21-,22-,23-/m0/s1. The highest BCUT2D eigenvalue weighted by Crippen LogP contribution is 2.16. The molecule has 1 aromatic rings. The molecule has 1 aromatic carbocycles. The van der Waals surface area contributed by atoms with Crippen LogP contribution in [-0.2, 0) is 25.5 Å². The lowest BCUT2D eigenvalue weighted by Gasteiger charge is -2.32. The number of nitrogens with zero attached hydrogens (tertiary/aromatic N) is 1. The number of hydrogen-bond donors (Lipinski definition) is 6. The van der Waals surface area contributed by atoms with E-state index in [0.717, 1.165) is 57.2 Å². The van der Waals surface area contributed by atoms with Crippen LogP contribution in [0.15, 0.2) is 30.3 Å². The van der Waals surface area contributed by atoms with E-state index in [1.54, 1.807) is 4.90 Å². The van der Waals surface area contributed by atoms with Crippen LogP contribution < -0.4 is 27.0 Å². The van der Waals surface area contributed by atoms with Crippen molar-refractivity contribution in [3.63, 3.8) is 0 Å². The topological polar surface area (TPSA) is 179 Å². The van der Waals surface area contributed by atoms with Gasteiger partial charge in [-0.15, -0.1) is 0 Å². The van der Waals surface area contributed by atoms with Gasteiger partial charge in [-0.05, 0) is 50.3 Å². The highest BCUT2D eigenvalue weighted by Gasteiger charge is 2.40. The Morgan fingerprint density at radius 1 is 1.07 bits per heavy atom. The van der Waals surface area contributed by atoms with Crippen LogP contribution in [0.2, 0.25) is 0 Å². The van der Waals surface area contributed by atoms with E-state index in [4.69, 9.17) is 15.9 Å². The Bertz CT molecular complexity index is 1010. The number of esters is 1. The number of ether oxygens (including phenoxy) is 1. The molecule has 1 unspecified atom stereocenters. The first kappa shape index (κ1) is 30.9. The average Bonchev–Trinajstić information content (AvgIpc) is 3.25. The van der Waals surface area contributed by atoms with Crippen LogP contribution in [0.4, 0.5) is 4.79 Å². The van der Waals surface area contributed by atoms with Gasteiger partial charge in [-0.25, -0.2) is 9.59 Å². The molecule has 7 N–H and O–H groups in total. The molecule has 0 aliphatic carbocycles. The van der Waals surface area contributed by atoms with Gasteiger partial charge in [0.15, 0.2) is 0 Å². The summed E-state index contributed by atoms with van der Waals surface area (Å²) < 4.78 is 4.88. The molecule has 12 nitrogen and oxygen atoms in total. The predicted octanol–water partition coefficient (Wildman–Crippen LogP) is 0.509. The van der Waals surface area contributed by atoms with E-state index in [-0.39, 0.29) is 12.3 Å². The molecule has 2 aliphatic heterocycles. The predicted molar refractivity (Wildman–Crippen MR) is 150 cm³/mol. The molecule has 220 valence electrons. The van der Waals surface area contributed by atoms with Gasteiger partial charge in [0, 0.05) is 26.1 Å². The third-order valence-corrected chi connectivity index (χ3v) is 7.46. The maximum Gasteiger partial charge on any atom is 0.328 e. The lowest BCUT2D eigenvalue weighted by atomic mass is 9.94. The summed E-state index contributed by atoms with van der Waals surface area (Å²) in [6.45, 7) is 3.03. The van der Waals surface area contributed by atoms with E-state index in [1.165, 1.54) is 7.11 Å². The minimum Gasteiger partial charge on any atom is -0.467 e. The Morgan fingerprint density at radius 3 is 2.38 bits per heavy atom. The van der Waals surface area contributed by atoms with Crippen molar-refractivity contribution in [3.8, 4) is 0 Å². The minimum atomic E-state index is -1.42. The van der Waals surface area contributed by atoms with Crippen molar-refractivity contribution < 1.29 is 23.9 Å². The zero-order valence-corrected chi connectivity index (χ0v) is 23.2. The van der Waals surface area contributed by atoms with Crippen LogP contribution in [-0.4, -0.2) is 86.5 Å². The smallest absolute Gasteiger partial charge is 0.328 e. The molecule has 0 bridgehead atoms. The fourth-order valence-electron chi connectivity index (χ4n) is 5.23. The Hall–Kier alpha value is -3.67. The second kappa shape index (κ2) is 15.8. The first-order valence-electron chi connectivity index (χ1n) is 14.1. The van der Waals surface area contributed by atoms with E-state index < -0.39 is 47.7 Å². The molecule has 0 radical (unpaired) electrons. The van der Waals surface area contributed by atoms with Gasteiger partial charge >= 0.3 is 12.0 Å². The highest BCUT2D eigenvalue weighted by atomic mass is 16.5. The molecule has 0 spiro atoms. The fourth-order valence-corrected chi connectivity index (χ4v) is 5.23. The first-order chi connectivity index (χ1) is 19.3. The van der Waals surface area contributed by atoms with Crippen LogP contribution in [0.3, 0.4) is 0 Å². The summed E-state index contributed by atoms with van der Waals surface area (Å²) in [5, 5.41) is 19.5. The van der Waals surface area contributed by atoms with Gasteiger partial charge in [0.2, 0.25) is 11.8 Å². The summed E-state index contributed by atoms with van der Waals surface area (Å²) in [4.78, 5) is 54.4. The Morgan fingerprint density at radius 2 is 1.77 bits per heavy atom. The Labute approximate surface area is 235 Å². The van der Waals surface area contributed by atoms with Crippen LogP contribution in [0.1, 0.15) is 44.1 Å². The summed E-state index contributed by atoms with van der Waals surface area (Å²) >= 11 is 0. The van der Waals surface area contributed by atoms with Crippen LogP contribution in [0.25, 0.3) is 0 Å².